The normalized spacial score (nSPS) is 16.1. The van der Waals surface area contributed by atoms with Crippen LogP contribution in [0.5, 0.6) is 5.75 Å². The molecule has 0 spiro atoms. The van der Waals surface area contributed by atoms with Crippen molar-refractivity contribution in [1.82, 2.24) is 0 Å². The van der Waals surface area contributed by atoms with Crippen molar-refractivity contribution >= 4 is 35.0 Å². The Kier molecular flexibility index (Phi) is 6.03. The van der Waals surface area contributed by atoms with Gasteiger partial charge >= 0.3 is 0 Å². The van der Waals surface area contributed by atoms with Crippen LogP contribution in [-0.2, 0) is 9.53 Å². The minimum Gasteiger partial charge on any atom is -0.488 e. The van der Waals surface area contributed by atoms with E-state index in [0.29, 0.717) is 30.5 Å². The van der Waals surface area contributed by atoms with Crippen LogP contribution in [0.4, 0.5) is 11.4 Å². The predicted octanol–water partition coefficient (Wildman–Crippen LogP) is 4.04. The number of ether oxygens (including phenoxy) is 2. The number of nitriles is 1. The Labute approximate surface area is 180 Å². The van der Waals surface area contributed by atoms with Crippen molar-refractivity contribution in [3.05, 3.63) is 70.3 Å². The number of nitrogens with one attached hydrogen (secondary N) is 1. The Balaban J connectivity index is 1.57. The number of para-hydroxylation sites is 1. The van der Waals surface area contributed by atoms with Crippen molar-refractivity contribution in [2.24, 2.45) is 0 Å². The largest absolute Gasteiger partial charge is 0.488 e. The molecule has 152 valence electrons. The number of nitrogens with zero attached hydrogens (tertiary/aromatic N) is 2. The van der Waals surface area contributed by atoms with Crippen LogP contribution < -0.4 is 15.0 Å². The zero-order chi connectivity index (χ0) is 20.9. The number of hydrogen-bond donors (Lipinski definition) is 1. The monoisotopic (exact) mass is 421 g/mol. The number of morpholine rings is 1. The molecule has 1 N–H and O–H groups in total. The number of carbonyl (C=O) groups is 1. The fourth-order valence-electron chi connectivity index (χ4n) is 3.43. The summed E-state index contributed by atoms with van der Waals surface area (Å²) in [4.78, 5) is 15.0. The van der Waals surface area contributed by atoms with Gasteiger partial charge in [-0.15, -0.1) is 0 Å². The SMILES string of the molecule is N#C/C(=C\C1=Cc2ccccc2OC1)C(=O)Nc1cc(Cl)ccc1N1CCOCC1. The molecule has 2 aliphatic rings. The first kappa shape index (κ1) is 20.0. The van der Waals surface area contributed by atoms with Gasteiger partial charge in [0, 0.05) is 23.7 Å². The summed E-state index contributed by atoms with van der Waals surface area (Å²) >= 11 is 6.16. The van der Waals surface area contributed by atoms with Crippen molar-refractivity contribution in [3.8, 4) is 11.8 Å². The lowest BCUT2D eigenvalue weighted by Crippen LogP contribution is -2.36. The third-order valence-electron chi connectivity index (χ3n) is 4.91. The second-order valence-corrected chi connectivity index (χ2v) is 7.37. The molecule has 0 atom stereocenters. The van der Waals surface area contributed by atoms with E-state index < -0.39 is 5.91 Å². The Morgan fingerprint density at radius 1 is 1.20 bits per heavy atom. The van der Waals surface area contributed by atoms with Gasteiger partial charge in [-0.3, -0.25) is 4.79 Å². The van der Waals surface area contributed by atoms with Gasteiger partial charge in [-0.2, -0.15) is 5.26 Å². The van der Waals surface area contributed by atoms with Gasteiger partial charge in [-0.05, 0) is 42.0 Å². The molecule has 0 aromatic heterocycles. The molecule has 1 fully saturated rings. The third-order valence-corrected chi connectivity index (χ3v) is 5.14. The molecule has 0 radical (unpaired) electrons. The lowest BCUT2D eigenvalue weighted by molar-refractivity contribution is -0.112. The van der Waals surface area contributed by atoms with Crippen molar-refractivity contribution < 1.29 is 14.3 Å². The highest BCUT2D eigenvalue weighted by Gasteiger charge is 2.19. The van der Waals surface area contributed by atoms with Crippen LogP contribution in [0.1, 0.15) is 5.56 Å². The van der Waals surface area contributed by atoms with Gasteiger partial charge in [0.05, 0.1) is 24.6 Å². The Morgan fingerprint density at radius 3 is 2.80 bits per heavy atom. The highest BCUT2D eigenvalue weighted by molar-refractivity contribution is 6.31. The maximum Gasteiger partial charge on any atom is 0.266 e. The quantitative estimate of drug-likeness (QED) is 0.595. The molecule has 6 nitrogen and oxygen atoms in total. The predicted molar refractivity (Wildman–Crippen MR) is 117 cm³/mol. The summed E-state index contributed by atoms with van der Waals surface area (Å²) < 4.78 is 11.1. The van der Waals surface area contributed by atoms with E-state index in [1.807, 2.05) is 42.5 Å². The number of rotatable bonds is 4. The molecule has 7 heteroatoms. The summed E-state index contributed by atoms with van der Waals surface area (Å²) in [6.07, 6.45) is 3.48. The minimum absolute atomic E-state index is 0.00265. The molecular weight excluding hydrogens is 402 g/mol. The number of hydrogen-bond acceptors (Lipinski definition) is 5. The average molecular weight is 422 g/mol. The van der Waals surface area contributed by atoms with E-state index in [2.05, 4.69) is 10.2 Å². The number of fused-ring (bicyclic) bond motifs is 1. The molecule has 0 saturated carbocycles. The van der Waals surface area contributed by atoms with Gasteiger partial charge < -0.3 is 19.7 Å². The van der Waals surface area contributed by atoms with Crippen LogP contribution in [0.25, 0.3) is 6.08 Å². The lowest BCUT2D eigenvalue weighted by Gasteiger charge is -2.30. The number of anilines is 2. The van der Waals surface area contributed by atoms with E-state index in [-0.39, 0.29) is 5.57 Å². The Bertz CT molecular complexity index is 1070. The Hall–Kier alpha value is -3.27. The first-order valence-corrected chi connectivity index (χ1v) is 9.99. The summed E-state index contributed by atoms with van der Waals surface area (Å²) in [5, 5.41) is 12.9. The molecule has 4 rings (SSSR count). The lowest BCUT2D eigenvalue weighted by atomic mass is 10.0. The van der Waals surface area contributed by atoms with Crippen molar-refractivity contribution in [3.63, 3.8) is 0 Å². The van der Waals surface area contributed by atoms with Crippen LogP contribution in [0.3, 0.4) is 0 Å². The van der Waals surface area contributed by atoms with E-state index in [1.165, 1.54) is 0 Å². The van der Waals surface area contributed by atoms with Crippen LogP contribution in [0.2, 0.25) is 5.02 Å². The van der Waals surface area contributed by atoms with E-state index in [9.17, 15) is 10.1 Å². The first-order valence-electron chi connectivity index (χ1n) is 9.62. The number of benzene rings is 2. The zero-order valence-electron chi connectivity index (χ0n) is 16.2. The molecule has 2 aromatic carbocycles. The van der Waals surface area contributed by atoms with Gasteiger partial charge in [0.15, 0.2) is 0 Å². The second-order valence-electron chi connectivity index (χ2n) is 6.93. The van der Waals surface area contributed by atoms with Gasteiger partial charge in [0.2, 0.25) is 0 Å². The molecule has 0 unspecified atom stereocenters. The minimum atomic E-state index is -0.492. The van der Waals surface area contributed by atoms with Gasteiger partial charge in [0.25, 0.3) is 5.91 Å². The molecule has 2 heterocycles. The van der Waals surface area contributed by atoms with Crippen LogP contribution in [-0.4, -0.2) is 38.8 Å². The maximum atomic E-state index is 12.9. The molecule has 0 aliphatic carbocycles. The topological polar surface area (TPSA) is 74.6 Å². The highest BCUT2D eigenvalue weighted by Crippen LogP contribution is 2.31. The summed E-state index contributed by atoms with van der Waals surface area (Å²) in [6, 6.07) is 15.0. The van der Waals surface area contributed by atoms with Crippen molar-refractivity contribution in [2.75, 3.05) is 43.1 Å². The first-order chi connectivity index (χ1) is 14.6. The fraction of sp³-hybridized carbons (Fsp3) is 0.217. The maximum absolute atomic E-state index is 12.9. The standard InChI is InChI=1S/C23H20ClN3O3/c24-19-5-6-21(27-7-9-29-10-8-27)20(13-19)26-23(28)18(14-25)12-16-11-17-3-1-2-4-22(17)30-15-16/h1-6,11-13H,7-10,15H2,(H,26,28)/b18-12+. The van der Waals surface area contributed by atoms with Gasteiger partial charge in [-0.1, -0.05) is 29.8 Å². The van der Waals surface area contributed by atoms with Crippen LogP contribution in [0, 0.1) is 11.3 Å². The summed E-state index contributed by atoms with van der Waals surface area (Å²) in [5.41, 5.74) is 3.08. The van der Waals surface area contributed by atoms with Crippen molar-refractivity contribution in [2.45, 2.75) is 0 Å². The molecule has 1 saturated heterocycles. The van der Waals surface area contributed by atoms with E-state index in [4.69, 9.17) is 21.1 Å². The molecule has 0 bridgehead atoms. The number of amides is 1. The van der Waals surface area contributed by atoms with Crippen LogP contribution in [0.15, 0.2) is 59.7 Å². The fourth-order valence-corrected chi connectivity index (χ4v) is 3.60. The van der Waals surface area contributed by atoms with Gasteiger partial charge in [-0.25, -0.2) is 0 Å². The second kappa shape index (κ2) is 9.04. The smallest absolute Gasteiger partial charge is 0.266 e. The number of halogens is 1. The average Bonchev–Trinajstić information content (AvgIpc) is 2.78. The zero-order valence-corrected chi connectivity index (χ0v) is 17.0. The summed E-state index contributed by atoms with van der Waals surface area (Å²) in [6.45, 7) is 2.97. The van der Waals surface area contributed by atoms with Crippen LogP contribution >= 0.6 is 11.6 Å². The Morgan fingerprint density at radius 2 is 2.00 bits per heavy atom. The van der Waals surface area contributed by atoms with Crippen molar-refractivity contribution in [1.29, 1.82) is 5.26 Å². The number of carbonyl (C=O) groups excluding carboxylic acids is 1. The molecule has 1 amide bonds. The molecule has 2 aromatic rings. The van der Waals surface area contributed by atoms with E-state index >= 15 is 0 Å². The highest BCUT2D eigenvalue weighted by atomic mass is 35.5. The molecule has 2 aliphatic heterocycles. The van der Waals surface area contributed by atoms with E-state index in [1.54, 1.807) is 18.2 Å². The molecular formula is C23H20ClN3O3. The third kappa shape index (κ3) is 4.48. The summed E-state index contributed by atoms with van der Waals surface area (Å²) in [5.74, 6) is 0.292. The molecule has 30 heavy (non-hydrogen) atoms. The summed E-state index contributed by atoms with van der Waals surface area (Å²) in [7, 11) is 0. The van der Waals surface area contributed by atoms with Gasteiger partial charge in [0.1, 0.15) is 24.0 Å². The van der Waals surface area contributed by atoms with E-state index in [0.717, 1.165) is 35.7 Å².